The zero-order chi connectivity index (χ0) is 14.8. The van der Waals surface area contributed by atoms with Crippen molar-refractivity contribution in [1.82, 2.24) is 10.3 Å². The first-order valence-electron chi connectivity index (χ1n) is 8.37. The van der Waals surface area contributed by atoms with Gasteiger partial charge in [-0.3, -0.25) is 0 Å². The molecule has 0 spiro atoms. The Kier molecular flexibility index (Phi) is 3.85. The van der Waals surface area contributed by atoms with Crippen molar-refractivity contribution in [3.8, 4) is 5.88 Å². The minimum atomic E-state index is 0.645. The molecule has 4 nitrogen and oxygen atoms in total. The number of fused-ring (bicyclic) bond motifs is 1. The van der Waals surface area contributed by atoms with Crippen LogP contribution in [-0.4, -0.2) is 30.7 Å². The van der Waals surface area contributed by atoms with Gasteiger partial charge in [0.25, 0.3) is 0 Å². The van der Waals surface area contributed by atoms with Gasteiger partial charge in [0.1, 0.15) is 0 Å². The van der Waals surface area contributed by atoms with Gasteiger partial charge in [0.05, 0.1) is 6.61 Å². The van der Waals surface area contributed by atoms with Crippen LogP contribution in [0.5, 0.6) is 5.88 Å². The summed E-state index contributed by atoms with van der Waals surface area (Å²) in [5.41, 5.74) is 1.18. The summed E-state index contributed by atoms with van der Waals surface area (Å²) >= 11 is 0. The van der Waals surface area contributed by atoms with Crippen molar-refractivity contribution in [1.29, 1.82) is 0 Å². The number of aromatic nitrogens is 1. The molecule has 0 unspecified atom stereocenters. The quantitative estimate of drug-likeness (QED) is 0.890. The number of hydrogen-bond acceptors (Lipinski definition) is 4. The molecule has 2 N–H and O–H groups in total. The maximum Gasteiger partial charge on any atom is 0.221 e. The Morgan fingerprint density at radius 1 is 1.14 bits per heavy atom. The highest BCUT2D eigenvalue weighted by Gasteiger charge is 2.21. The number of nitrogens with one attached hydrogen (secondary N) is 2. The highest BCUT2D eigenvalue weighted by molar-refractivity contribution is 5.89. The Hall–Kier alpha value is -1.81. The van der Waals surface area contributed by atoms with Crippen LogP contribution in [0, 0.1) is 5.92 Å². The molecule has 0 atom stereocenters. The maximum atomic E-state index is 6.07. The molecule has 1 saturated heterocycles. The Balaban J connectivity index is 1.52. The van der Waals surface area contributed by atoms with E-state index < -0.39 is 0 Å². The normalized spacial score (nSPS) is 19.3. The number of hydrogen-bond donors (Lipinski definition) is 2. The van der Waals surface area contributed by atoms with Gasteiger partial charge >= 0.3 is 0 Å². The minimum Gasteiger partial charge on any atom is -0.477 e. The molecule has 0 radical (unpaired) electrons. The van der Waals surface area contributed by atoms with Crippen molar-refractivity contribution < 1.29 is 4.74 Å². The zero-order valence-corrected chi connectivity index (χ0v) is 12.8. The van der Waals surface area contributed by atoms with Crippen molar-refractivity contribution in [2.75, 3.05) is 25.0 Å². The standard InChI is InChI=1S/C18H23N3O/c1-2-16(21-15-3-4-15)11-17-14(1)7-10-20-18(17)22-12-13-5-8-19-9-6-13/h1-2,7,10-11,13,15,19,21H,3-6,8-9,12H2. The molecule has 0 bridgehead atoms. The average Bonchev–Trinajstić information content (AvgIpc) is 3.38. The van der Waals surface area contributed by atoms with Crippen molar-refractivity contribution in [3.63, 3.8) is 0 Å². The zero-order valence-electron chi connectivity index (χ0n) is 12.8. The molecule has 1 aliphatic heterocycles. The Bertz CT molecular complexity index is 648. The molecule has 22 heavy (non-hydrogen) atoms. The van der Waals surface area contributed by atoms with Crippen LogP contribution < -0.4 is 15.4 Å². The molecule has 0 amide bonds. The van der Waals surface area contributed by atoms with Crippen molar-refractivity contribution >= 4 is 16.5 Å². The molecule has 2 fully saturated rings. The van der Waals surface area contributed by atoms with E-state index in [9.17, 15) is 0 Å². The molecule has 4 rings (SSSR count). The van der Waals surface area contributed by atoms with E-state index in [0.29, 0.717) is 12.0 Å². The van der Waals surface area contributed by atoms with E-state index in [2.05, 4.69) is 33.8 Å². The lowest BCUT2D eigenvalue weighted by atomic mass is 9.99. The summed E-state index contributed by atoms with van der Waals surface area (Å²) in [4.78, 5) is 4.46. The Morgan fingerprint density at radius 3 is 2.82 bits per heavy atom. The van der Waals surface area contributed by atoms with Crippen LogP contribution >= 0.6 is 0 Å². The first-order valence-corrected chi connectivity index (χ1v) is 8.37. The molecule has 1 saturated carbocycles. The van der Waals surface area contributed by atoms with Gasteiger partial charge in [-0.1, -0.05) is 6.07 Å². The first kappa shape index (κ1) is 13.8. The fourth-order valence-electron chi connectivity index (χ4n) is 3.05. The second kappa shape index (κ2) is 6.13. The van der Waals surface area contributed by atoms with Gasteiger partial charge in [-0.2, -0.15) is 0 Å². The summed E-state index contributed by atoms with van der Waals surface area (Å²) in [5, 5.41) is 9.25. The molecular formula is C18H23N3O. The van der Waals surface area contributed by atoms with E-state index in [1.54, 1.807) is 0 Å². The molecular weight excluding hydrogens is 274 g/mol. The monoisotopic (exact) mass is 297 g/mol. The van der Waals surface area contributed by atoms with Gasteiger partial charge in [0, 0.05) is 23.3 Å². The molecule has 1 aliphatic carbocycles. The summed E-state index contributed by atoms with van der Waals surface area (Å²) in [6.45, 7) is 2.98. The Labute approximate surface area is 131 Å². The third-order valence-corrected chi connectivity index (χ3v) is 4.59. The summed E-state index contributed by atoms with van der Waals surface area (Å²) in [6, 6.07) is 9.19. The first-order chi connectivity index (χ1) is 10.9. The average molecular weight is 297 g/mol. The second-order valence-corrected chi connectivity index (χ2v) is 6.48. The smallest absolute Gasteiger partial charge is 0.221 e. The third-order valence-electron chi connectivity index (χ3n) is 4.59. The van der Waals surface area contributed by atoms with Gasteiger partial charge in [-0.25, -0.2) is 4.98 Å². The van der Waals surface area contributed by atoms with E-state index in [0.717, 1.165) is 31.0 Å². The number of pyridine rings is 1. The van der Waals surface area contributed by atoms with Crippen LogP contribution in [0.1, 0.15) is 25.7 Å². The number of benzene rings is 1. The molecule has 2 heterocycles. The SMILES string of the molecule is c1cc2ccc(NC3CC3)cc2c(OCC2CCNCC2)n1. The molecule has 116 valence electrons. The third kappa shape index (κ3) is 3.17. The van der Waals surface area contributed by atoms with E-state index in [-0.39, 0.29) is 0 Å². The summed E-state index contributed by atoms with van der Waals surface area (Å²) < 4.78 is 6.07. The van der Waals surface area contributed by atoms with Crippen LogP contribution in [0.15, 0.2) is 30.5 Å². The number of piperidine rings is 1. The van der Waals surface area contributed by atoms with Gasteiger partial charge in [0.15, 0.2) is 0 Å². The lowest BCUT2D eigenvalue weighted by Crippen LogP contribution is -2.30. The summed E-state index contributed by atoms with van der Waals surface area (Å²) in [6.07, 6.45) is 6.79. The number of nitrogens with zero attached hydrogens (tertiary/aromatic N) is 1. The van der Waals surface area contributed by atoms with Crippen LogP contribution in [-0.2, 0) is 0 Å². The predicted octanol–water partition coefficient (Wildman–Crippen LogP) is 3.19. The van der Waals surface area contributed by atoms with Gasteiger partial charge < -0.3 is 15.4 Å². The van der Waals surface area contributed by atoms with Crippen LogP contribution in [0.4, 0.5) is 5.69 Å². The molecule has 2 aliphatic rings. The van der Waals surface area contributed by atoms with E-state index in [4.69, 9.17) is 4.74 Å². The largest absolute Gasteiger partial charge is 0.477 e. The number of rotatable bonds is 5. The molecule has 4 heteroatoms. The van der Waals surface area contributed by atoms with Gasteiger partial charge in [-0.15, -0.1) is 0 Å². The van der Waals surface area contributed by atoms with Crippen LogP contribution in [0.25, 0.3) is 10.8 Å². The maximum absolute atomic E-state index is 6.07. The van der Waals surface area contributed by atoms with E-state index in [1.165, 1.54) is 36.8 Å². The molecule has 1 aromatic carbocycles. The highest BCUT2D eigenvalue weighted by Crippen LogP contribution is 2.30. The summed E-state index contributed by atoms with van der Waals surface area (Å²) in [7, 11) is 0. The fraction of sp³-hybridized carbons (Fsp3) is 0.500. The minimum absolute atomic E-state index is 0.645. The fourth-order valence-corrected chi connectivity index (χ4v) is 3.05. The summed E-state index contributed by atoms with van der Waals surface area (Å²) in [5.74, 6) is 1.42. The van der Waals surface area contributed by atoms with Crippen LogP contribution in [0.3, 0.4) is 0 Å². The van der Waals surface area contributed by atoms with Crippen molar-refractivity contribution in [3.05, 3.63) is 30.5 Å². The lowest BCUT2D eigenvalue weighted by Gasteiger charge is -2.22. The highest BCUT2D eigenvalue weighted by atomic mass is 16.5. The van der Waals surface area contributed by atoms with Crippen molar-refractivity contribution in [2.45, 2.75) is 31.7 Å². The van der Waals surface area contributed by atoms with E-state index >= 15 is 0 Å². The van der Waals surface area contributed by atoms with Gasteiger partial charge in [-0.05, 0) is 68.3 Å². The van der Waals surface area contributed by atoms with E-state index in [1.807, 2.05) is 12.3 Å². The second-order valence-electron chi connectivity index (χ2n) is 6.48. The topological polar surface area (TPSA) is 46.2 Å². The van der Waals surface area contributed by atoms with Gasteiger partial charge in [0.2, 0.25) is 5.88 Å². The Morgan fingerprint density at radius 2 is 2.00 bits per heavy atom. The number of ether oxygens (including phenoxy) is 1. The van der Waals surface area contributed by atoms with Crippen LogP contribution in [0.2, 0.25) is 0 Å². The molecule has 2 aromatic rings. The number of anilines is 1. The molecule has 1 aromatic heterocycles. The lowest BCUT2D eigenvalue weighted by molar-refractivity contribution is 0.211. The van der Waals surface area contributed by atoms with Crippen molar-refractivity contribution in [2.24, 2.45) is 5.92 Å². The predicted molar refractivity (Wildman–Crippen MR) is 89.5 cm³/mol.